The number of likely N-dealkylation sites (N-methyl/N-ethyl adjacent to an activating group) is 1. The van der Waals surface area contributed by atoms with Gasteiger partial charge in [0.1, 0.15) is 5.75 Å². The van der Waals surface area contributed by atoms with Gasteiger partial charge in [-0.3, -0.25) is 0 Å². The second kappa shape index (κ2) is 6.73. The molecule has 1 unspecified atom stereocenters. The Labute approximate surface area is 122 Å². The van der Waals surface area contributed by atoms with Crippen LogP contribution in [0.25, 0.3) is 0 Å². The summed E-state index contributed by atoms with van der Waals surface area (Å²) >= 11 is 3.62. The van der Waals surface area contributed by atoms with Gasteiger partial charge in [-0.25, -0.2) is 0 Å². The van der Waals surface area contributed by atoms with Gasteiger partial charge in [0.15, 0.2) is 0 Å². The highest BCUT2D eigenvalue weighted by Gasteiger charge is 2.14. The van der Waals surface area contributed by atoms with Crippen LogP contribution in [-0.2, 0) is 6.42 Å². The maximum absolute atomic E-state index is 9.56. The van der Waals surface area contributed by atoms with E-state index in [0.29, 0.717) is 11.7 Å². The number of aromatic hydroxyl groups is 1. The molecule has 2 aromatic rings. The van der Waals surface area contributed by atoms with Crippen LogP contribution in [0.1, 0.15) is 17.0 Å². The predicted octanol–water partition coefficient (Wildman–Crippen LogP) is 3.70. The molecule has 0 heterocycles. The van der Waals surface area contributed by atoms with Gasteiger partial charge < -0.3 is 10.4 Å². The minimum atomic E-state index is 0.327. The Hall–Kier alpha value is -1.32. The normalized spacial score (nSPS) is 12.3. The summed E-state index contributed by atoms with van der Waals surface area (Å²) in [5.41, 5.74) is 2.44. The van der Waals surface area contributed by atoms with E-state index in [0.717, 1.165) is 23.0 Å². The number of rotatable bonds is 5. The zero-order chi connectivity index (χ0) is 13.7. The average Bonchev–Trinajstić information content (AvgIpc) is 2.39. The second-order valence-corrected chi connectivity index (χ2v) is 5.50. The maximum atomic E-state index is 9.56. The van der Waals surface area contributed by atoms with Crippen molar-refractivity contribution >= 4 is 15.9 Å². The first-order valence-electron chi connectivity index (χ1n) is 6.37. The highest BCUT2D eigenvalue weighted by molar-refractivity contribution is 9.10. The monoisotopic (exact) mass is 319 g/mol. The first-order valence-corrected chi connectivity index (χ1v) is 7.17. The van der Waals surface area contributed by atoms with Crippen LogP contribution in [0.2, 0.25) is 0 Å². The van der Waals surface area contributed by atoms with Crippen molar-refractivity contribution in [2.24, 2.45) is 0 Å². The van der Waals surface area contributed by atoms with E-state index in [1.165, 1.54) is 5.56 Å². The summed E-state index contributed by atoms with van der Waals surface area (Å²) in [6.45, 7) is 0.901. The Morgan fingerprint density at radius 1 is 1.16 bits per heavy atom. The van der Waals surface area contributed by atoms with Gasteiger partial charge in [-0.05, 0) is 42.8 Å². The topological polar surface area (TPSA) is 32.3 Å². The number of hydrogen-bond donors (Lipinski definition) is 2. The molecule has 0 aliphatic rings. The molecular formula is C16H18BrNO. The lowest BCUT2D eigenvalue weighted by atomic mass is 9.92. The third-order valence-electron chi connectivity index (χ3n) is 3.19. The van der Waals surface area contributed by atoms with E-state index in [1.807, 2.05) is 25.2 Å². The van der Waals surface area contributed by atoms with E-state index in [9.17, 15) is 5.11 Å². The zero-order valence-electron chi connectivity index (χ0n) is 10.9. The molecule has 2 N–H and O–H groups in total. The van der Waals surface area contributed by atoms with Gasteiger partial charge in [-0.2, -0.15) is 0 Å². The van der Waals surface area contributed by atoms with Crippen LogP contribution in [0.15, 0.2) is 53.0 Å². The summed E-state index contributed by atoms with van der Waals surface area (Å²) in [5, 5.41) is 12.8. The van der Waals surface area contributed by atoms with Crippen LogP contribution in [0.3, 0.4) is 0 Å². The van der Waals surface area contributed by atoms with Gasteiger partial charge in [-0.15, -0.1) is 0 Å². The molecule has 100 valence electrons. The fourth-order valence-corrected chi connectivity index (χ4v) is 2.92. The summed E-state index contributed by atoms with van der Waals surface area (Å²) in [6, 6.07) is 15.8. The molecule has 2 rings (SSSR count). The minimum Gasteiger partial charge on any atom is -0.508 e. The molecule has 0 fully saturated rings. The largest absolute Gasteiger partial charge is 0.508 e. The van der Waals surface area contributed by atoms with Crippen LogP contribution < -0.4 is 5.32 Å². The minimum absolute atomic E-state index is 0.327. The quantitative estimate of drug-likeness (QED) is 0.880. The van der Waals surface area contributed by atoms with Gasteiger partial charge in [0.2, 0.25) is 0 Å². The molecular weight excluding hydrogens is 302 g/mol. The van der Waals surface area contributed by atoms with Crippen LogP contribution in [0.4, 0.5) is 0 Å². The summed E-state index contributed by atoms with van der Waals surface area (Å²) in [5.74, 6) is 0.704. The van der Waals surface area contributed by atoms with E-state index >= 15 is 0 Å². The third-order valence-corrected chi connectivity index (χ3v) is 3.91. The van der Waals surface area contributed by atoms with Crippen molar-refractivity contribution in [1.82, 2.24) is 5.32 Å². The van der Waals surface area contributed by atoms with Gasteiger partial charge in [-0.1, -0.05) is 46.3 Å². The number of phenolic OH excluding ortho intramolecular Hbond substituents is 1. The van der Waals surface area contributed by atoms with E-state index in [2.05, 4.69) is 45.5 Å². The predicted molar refractivity (Wildman–Crippen MR) is 82.6 cm³/mol. The van der Waals surface area contributed by atoms with Gasteiger partial charge >= 0.3 is 0 Å². The molecule has 19 heavy (non-hydrogen) atoms. The van der Waals surface area contributed by atoms with Crippen LogP contribution >= 0.6 is 15.9 Å². The summed E-state index contributed by atoms with van der Waals surface area (Å²) in [4.78, 5) is 0. The van der Waals surface area contributed by atoms with Crippen LogP contribution in [0.5, 0.6) is 5.75 Å². The van der Waals surface area contributed by atoms with E-state index in [1.54, 1.807) is 6.07 Å². The van der Waals surface area contributed by atoms with Crippen molar-refractivity contribution in [2.75, 3.05) is 13.6 Å². The average molecular weight is 320 g/mol. The van der Waals surface area contributed by atoms with Gasteiger partial charge in [0, 0.05) is 16.9 Å². The summed E-state index contributed by atoms with van der Waals surface area (Å²) in [6.07, 6.45) is 0.901. The number of nitrogens with one attached hydrogen (secondary N) is 1. The van der Waals surface area contributed by atoms with Crippen molar-refractivity contribution in [3.8, 4) is 5.75 Å². The molecule has 2 nitrogen and oxygen atoms in total. The molecule has 0 saturated heterocycles. The van der Waals surface area contributed by atoms with Crippen LogP contribution in [0, 0.1) is 0 Å². The lowest BCUT2D eigenvalue weighted by Gasteiger charge is -2.18. The molecule has 0 aliphatic heterocycles. The Kier molecular flexibility index (Phi) is 5.00. The highest BCUT2D eigenvalue weighted by atomic mass is 79.9. The number of halogens is 1. The SMILES string of the molecule is CNCC(Cc1cccc(O)c1)c1ccccc1Br. The maximum Gasteiger partial charge on any atom is 0.115 e. The molecule has 0 saturated carbocycles. The summed E-state index contributed by atoms with van der Waals surface area (Å²) < 4.78 is 1.13. The van der Waals surface area contributed by atoms with Gasteiger partial charge in [0.05, 0.1) is 0 Å². The molecule has 0 aromatic heterocycles. The first-order chi connectivity index (χ1) is 9.20. The van der Waals surface area contributed by atoms with Crippen molar-refractivity contribution in [3.63, 3.8) is 0 Å². The Morgan fingerprint density at radius 2 is 1.95 bits per heavy atom. The smallest absolute Gasteiger partial charge is 0.115 e. The van der Waals surface area contributed by atoms with Gasteiger partial charge in [0.25, 0.3) is 0 Å². The molecule has 3 heteroatoms. The van der Waals surface area contributed by atoms with Crippen LogP contribution in [-0.4, -0.2) is 18.7 Å². The van der Waals surface area contributed by atoms with E-state index in [-0.39, 0.29) is 0 Å². The van der Waals surface area contributed by atoms with E-state index < -0.39 is 0 Å². The second-order valence-electron chi connectivity index (χ2n) is 4.65. The number of benzene rings is 2. The first kappa shape index (κ1) is 14.1. The fourth-order valence-electron chi connectivity index (χ4n) is 2.31. The summed E-state index contributed by atoms with van der Waals surface area (Å²) in [7, 11) is 1.96. The standard InChI is InChI=1S/C16H18BrNO/c1-18-11-13(15-7-2-3-8-16(15)17)9-12-5-4-6-14(19)10-12/h2-8,10,13,18-19H,9,11H2,1H3. The molecule has 0 radical (unpaired) electrons. The van der Waals surface area contributed by atoms with Crippen molar-refractivity contribution in [1.29, 1.82) is 0 Å². The van der Waals surface area contributed by atoms with E-state index in [4.69, 9.17) is 0 Å². The zero-order valence-corrected chi connectivity index (χ0v) is 12.5. The number of hydrogen-bond acceptors (Lipinski definition) is 2. The fraction of sp³-hybridized carbons (Fsp3) is 0.250. The van der Waals surface area contributed by atoms with Crippen molar-refractivity contribution in [3.05, 3.63) is 64.1 Å². The molecule has 1 atom stereocenters. The van der Waals surface area contributed by atoms with Crippen molar-refractivity contribution < 1.29 is 5.11 Å². The molecule has 2 aromatic carbocycles. The third kappa shape index (κ3) is 3.82. The number of phenols is 1. The molecule has 0 aliphatic carbocycles. The Balaban J connectivity index is 2.24. The highest BCUT2D eigenvalue weighted by Crippen LogP contribution is 2.28. The molecule has 0 bridgehead atoms. The lowest BCUT2D eigenvalue weighted by Crippen LogP contribution is -2.19. The lowest BCUT2D eigenvalue weighted by molar-refractivity contribution is 0.474. The molecule has 0 amide bonds. The Morgan fingerprint density at radius 3 is 2.63 bits per heavy atom. The molecule has 0 spiro atoms. The van der Waals surface area contributed by atoms with Crippen molar-refractivity contribution in [2.45, 2.75) is 12.3 Å². The Bertz CT molecular complexity index is 542.